The van der Waals surface area contributed by atoms with Crippen molar-refractivity contribution in [1.29, 1.82) is 0 Å². The second-order valence-corrected chi connectivity index (χ2v) is 7.20. The predicted molar refractivity (Wildman–Crippen MR) is 73.3 cm³/mol. The van der Waals surface area contributed by atoms with Gasteiger partial charge in [-0.3, -0.25) is 4.79 Å². The smallest absolute Gasteiger partial charge is 0.258 e. The predicted octanol–water partition coefficient (Wildman–Crippen LogP) is 0.0974. The zero-order valence-electron chi connectivity index (χ0n) is 11.2. The largest absolute Gasteiger partial charge is 0.484 e. The van der Waals surface area contributed by atoms with Gasteiger partial charge in [-0.05, 0) is 18.6 Å². The Kier molecular flexibility index (Phi) is 3.62. The molecule has 3 rings (SSSR count). The Morgan fingerprint density at radius 1 is 1.33 bits per heavy atom. The quantitative estimate of drug-likeness (QED) is 0.847. The van der Waals surface area contributed by atoms with Gasteiger partial charge < -0.3 is 19.5 Å². The van der Waals surface area contributed by atoms with E-state index in [-0.39, 0.29) is 36.9 Å². The number of ether oxygens (including phenoxy) is 3. The Morgan fingerprint density at radius 3 is 2.90 bits per heavy atom. The fraction of sp³-hybridized carbons (Fsp3) is 0.462. The Labute approximate surface area is 122 Å². The highest BCUT2D eigenvalue weighted by Crippen LogP contribution is 2.34. The van der Waals surface area contributed by atoms with E-state index in [0.29, 0.717) is 23.7 Å². The van der Waals surface area contributed by atoms with Gasteiger partial charge in [0, 0.05) is 12.1 Å². The second kappa shape index (κ2) is 5.44. The Bertz CT molecular complexity index is 657. The molecule has 1 saturated heterocycles. The molecule has 2 heterocycles. The number of fused-ring (bicyclic) bond motifs is 1. The number of hydrogen-bond donors (Lipinski definition) is 1. The van der Waals surface area contributed by atoms with Crippen LogP contribution in [0.25, 0.3) is 0 Å². The number of benzene rings is 1. The number of nitrogens with one attached hydrogen (secondary N) is 1. The minimum Gasteiger partial charge on any atom is -0.484 e. The first-order valence-electron chi connectivity index (χ1n) is 6.54. The van der Waals surface area contributed by atoms with E-state index >= 15 is 0 Å². The molecule has 114 valence electrons. The number of hydrogen-bond acceptors (Lipinski definition) is 6. The van der Waals surface area contributed by atoms with Crippen LogP contribution in [0.15, 0.2) is 18.2 Å². The van der Waals surface area contributed by atoms with Crippen molar-refractivity contribution in [2.24, 2.45) is 0 Å². The van der Waals surface area contributed by atoms with E-state index in [1.807, 2.05) is 0 Å². The third-order valence-corrected chi connectivity index (χ3v) is 5.08. The van der Waals surface area contributed by atoms with Gasteiger partial charge in [0.1, 0.15) is 5.75 Å². The fourth-order valence-corrected chi connectivity index (χ4v) is 3.97. The first-order valence-corrected chi connectivity index (χ1v) is 8.36. The molecule has 2 aliphatic heterocycles. The molecule has 1 atom stereocenters. The highest BCUT2D eigenvalue weighted by atomic mass is 32.2. The van der Waals surface area contributed by atoms with Crippen LogP contribution >= 0.6 is 0 Å². The van der Waals surface area contributed by atoms with E-state index < -0.39 is 9.84 Å². The van der Waals surface area contributed by atoms with Gasteiger partial charge in [-0.25, -0.2) is 8.42 Å². The van der Waals surface area contributed by atoms with E-state index in [1.54, 1.807) is 18.2 Å². The monoisotopic (exact) mass is 313 g/mol. The standard InChI is InChI=1S/C13H15NO6S/c15-13(14-9-3-4-21(16,17)7-9)6-18-10-1-2-11-12(5-10)20-8-19-11/h1-2,5,9H,3-4,6-8H2,(H,14,15)/t9-/m0/s1. The molecule has 1 fully saturated rings. The Hall–Kier alpha value is -1.96. The average molecular weight is 313 g/mol. The van der Waals surface area contributed by atoms with E-state index in [2.05, 4.69) is 5.32 Å². The lowest BCUT2D eigenvalue weighted by molar-refractivity contribution is -0.123. The van der Waals surface area contributed by atoms with Crippen LogP contribution in [0.1, 0.15) is 6.42 Å². The van der Waals surface area contributed by atoms with E-state index in [4.69, 9.17) is 14.2 Å². The summed E-state index contributed by atoms with van der Waals surface area (Å²) in [5.41, 5.74) is 0. The van der Waals surface area contributed by atoms with Crippen molar-refractivity contribution in [3.05, 3.63) is 18.2 Å². The molecule has 0 radical (unpaired) electrons. The SMILES string of the molecule is O=C(COc1ccc2c(c1)OCO2)N[C@H]1CCS(=O)(=O)C1. The van der Waals surface area contributed by atoms with Crippen LogP contribution in [-0.2, 0) is 14.6 Å². The topological polar surface area (TPSA) is 90.9 Å². The van der Waals surface area contributed by atoms with Crippen LogP contribution in [0.3, 0.4) is 0 Å². The van der Waals surface area contributed by atoms with Crippen molar-refractivity contribution < 1.29 is 27.4 Å². The van der Waals surface area contributed by atoms with Gasteiger partial charge in [0.25, 0.3) is 5.91 Å². The lowest BCUT2D eigenvalue weighted by Gasteiger charge is -2.11. The second-order valence-electron chi connectivity index (χ2n) is 4.97. The fourth-order valence-electron chi connectivity index (χ4n) is 2.29. The van der Waals surface area contributed by atoms with Gasteiger partial charge in [0.15, 0.2) is 27.9 Å². The van der Waals surface area contributed by atoms with E-state index in [1.165, 1.54) is 0 Å². The number of amides is 1. The number of carbonyl (C=O) groups excluding carboxylic acids is 1. The van der Waals surface area contributed by atoms with Crippen LogP contribution in [0.4, 0.5) is 0 Å². The van der Waals surface area contributed by atoms with Crippen molar-refractivity contribution in [3.8, 4) is 17.2 Å². The van der Waals surface area contributed by atoms with Gasteiger partial charge in [0.2, 0.25) is 6.79 Å². The van der Waals surface area contributed by atoms with Crippen LogP contribution < -0.4 is 19.5 Å². The molecule has 1 aromatic carbocycles. The highest BCUT2D eigenvalue weighted by molar-refractivity contribution is 7.91. The van der Waals surface area contributed by atoms with Crippen LogP contribution in [0, 0.1) is 0 Å². The van der Waals surface area contributed by atoms with Crippen molar-refractivity contribution in [3.63, 3.8) is 0 Å². The van der Waals surface area contributed by atoms with Crippen molar-refractivity contribution in [1.82, 2.24) is 5.32 Å². The third-order valence-electron chi connectivity index (χ3n) is 3.31. The zero-order chi connectivity index (χ0) is 14.9. The maximum Gasteiger partial charge on any atom is 0.258 e. The minimum absolute atomic E-state index is 0.00274. The molecule has 0 aromatic heterocycles. The molecule has 0 saturated carbocycles. The summed E-state index contributed by atoms with van der Waals surface area (Å²) in [5.74, 6) is 1.50. The molecule has 7 nitrogen and oxygen atoms in total. The molecular formula is C13H15NO6S. The molecule has 2 aliphatic rings. The molecule has 8 heteroatoms. The molecule has 0 unspecified atom stereocenters. The summed E-state index contributed by atoms with van der Waals surface area (Å²) in [6.07, 6.45) is 0.456. The number of rotatable bonds is 4. The van der Waals surface area contributed by atoms with Crippen LogP contribution in [0.5, 0.6) is 17.2 Å². The maximum atomic E-state index is 11.7. The molecule has 1 aromatic rings. The Balaban J connectivity index is 1.50. The average Bonchev–Trinajstić information content (AvgIpc) is 3.02. The van der Waals surface area contributed by atoms with Gasteiger partial charge in [-0.2, -0.15) is 0 Å². The molecule has 1 amide bonds. The molecular weight excluding hydrogens is 298 g/mol. The number of sulfone groups is 1. The van der Waals surface area contributed by atoms with Gasteiger partial charge in [-0.1, -0.05) is 0 Å². The maximum absolute atomic E-state index is 11.7. The summed E-state index contributed by atoms with van der Waals surface area (Å²) in [4.78, 5) is 11.7. The van der Waals surface area contributed by atoms with Gasteiger partial charge in [0.05, 0.1) is 11.5 Å². The first kappa shape index (κ1) is 14.0. The zero-order valence-corrected chi connectivity index (χ0v) is 12.0. The minimum atomic E-state index is -3.00. The lowest BCUT2D eigenvalue weighted by atomic mass is 10.2. The molecule has 1 N–H and O–H groups in total. The van der Waals surface area contributed by atoms with Crippen molar-refractivity contribution >= 4 is 15.7 Å². The first-order chi connectivity index (χ1) is 10.0. The van der Waals surface area contributed by atoms with Crippen molar-refractivity contribution in [2.45, 2.75) is 12.5 Å². The van der Waals surface area contributed by atoms with Crippen LogP contribution in [-0.4, -0.2) is 45.3 Å². The summed E-state index contributed by atoms with van der Waals surface area (Å²) in [6, 6.07) is 4.72. The van der Waals surface area contributed by atoms with Crippen LogP contribution in [0.2, 0.25) is 0 Å². The Morgan fingerprint density at radius 2 is 2.14 bits per heavy atom. The third kappa shape index (κ3) is 3.38. The summed E-state index contributed by atoms with van der Waals surface area (Å²) in [5, 5.41) is 2.66. The molecule has 0 spiro atoms. The van der Waals surface area contributed by atoms with E-state index in [9.17, 15) is 13.2 Å². The summed E-state index contributed by atoms with van der Waals surface area (Å²) in [7, 11) is -3.00. The van der Waals surface area contributed by atoms with E-state index in [0.717, 1.165) is 0 Å². The lowest BCUT2D eigenvalue weighted by Crippen LogP contribution is -2.38. The molecule has 21 heavy (non-hydrogen) atoms. The van der Waals surface area contributed by atoms with Gasteiger partial charge in [-0.15, -0.1) is 0 Å². The van der Waals surface area contributed by atoms with Gasteiger partial charge >= 0.3 is 0 Å². The van der Waals surface area contributed by atoms with Crippen molar-refractivity contribution in [2.75, 3.05) is 24.9 Å². The molecule has 0 bridgehead atoms. The summed E-state index contributed by atoms with van der Waals surface area (Å²) >= 11 is 0. The molecule has 0 aliphatic carbocycles. The number of carbonyl (C=O) groups is 1. The normalized spacial score (nSPS) is 22.0. The summed E-state index contributed by atoms with van der Waals surface area (Å²) < 4.78 is 38.3. The highest BCUT2D eigenvalue weighted by Gasteiger charge is 2.28. The summed E-state index contributed by atoms with van der Waals surface area (Å²) in [6.45, 7) is 0.00557.